The highest BCUT2D eigenvalue weighted by molar-refractivity contribution is 6.29. The van der Waals surface area contributed by atoms with E-state index in [1.165, 1.54) is 0 Å². The van der Waals surface area contributed by atoms with Gasteiger partial charge >= 0.3 is 0 Å². The van der Waals surface area contributed by atoms with E-state index in [1.807, 2.05) is 18.7 Å². The minimum absolute atomic E-state index is 0.00532. The number of amides is 1. The molecule has 0 radical (unpaired) electrons. The van der Waals surface area contributed by atoms with Gasteiger partial charge < -0.3 is 10.6 Å². The molecule has 1 aromatic heterocycles. The predicted molar refractivity (Wildman–Crippen MR) is 73.4 cm³/mol. The lowest BCUT2D eigenvalue weighted by atomic mass is 10.0. The highest BCUT2D eigenvalue weighted by atomic mass is 35.5. The zero-order chi connectivity index (χ0) is 14.0. The molecule has 0 aromatic carbocycles. The van der Waals surface area contributed by atoms with E-state index in [2.05, 4.69) is 10.2 Å². The van der Waals surface area contributed by atoms with Crippen molar-refractivity contribution in [2.45, 2.75) is 45.3 Å². The minimum Gasteiger partial charge on any atom is -0.332 e. The Hall–Kier alpha value is -1.20. The summed E-state index contributed by atoms with van der Waals surface area (Å²) >= 11 is 5.70. The molecule has 1 atom stereocenters. The maximum absolute atomic E-state index is 12.4. The lowest BCUT2D eigenvalue weighted by molar-refractivity contribution is -0.134. The lowest BCUT2D eigenvalue weighted by Gasteiger charge is -2.26. The Kier molecular flexibility index (Phi) is 4.37. The molecule has 0 spiro atoms. The van der Waals surface area contributed by atoms with Crippen LogP contribution < -0.4 is 5.73 Å². The van der Waals surface area contributed by atoms with Crippen LogP contribution in [0.3, 0.4) is 0 Å². The summed E-state index contributed by atoms with van der Waals surface area (Å²) in [5, 5.41) is 8.15. The minimum atomic E-state index is -0.458. The Morgan fingerprint density at radius 2 is 2.16 bits per heavy atom. The summed E-state index contributed by atoms with van der Waals surface area (Å²) in [7, 11) is 0. The van der Waals surface area contributed by atoms with Crippen molar-refractivity contribution in [3.8, 4) is 0 Å². The van der Waals surface area contributed by atoms with Gasteiger partial charge in [0.15, 0.2) is 5.15 Å². The van der Waals surface area contributed by atoms with E-state index in [-0.39, 0.29) is 11.8 Å². The molecule has 2 N–H and O–H groups in total. The van der Waals surface area contributed by atoms with Gasteiger partial charge in [-0.2, -0.15) is 5.10 Å². The second kappa shape index (κ2) is 5.84. The van der Waals surface area contributed by atoms with Crippen LogP contribution in [0.1, 0.15) is 32.4 Å². The summed E-state index contributed by atoms with van der Waals surface area (Å²) in [6.07, 6.45) is 2.08. The molecule has 0 saturated heterocycles. The van der Waals surface area contributed by atoms with Crippen molar-refractivity contribution in [1.82, 2.24) is 15.1 Å². The van der Waals surface area contributed by atoms with Gasteiger partial charge in [0, 0.05) is 6.04 Å². The summed E-state index contributed by atoms with van der Waals surface area (Å²) in [4.78, 5) is 14.2. The fraction of sp³-hybridized carbons (Fsp3) is 0.615. The van der Waals surface area contributed by atoms with Crippen molar-refractivity contribution in [1.29, 1.82) is 0 Å². The normalized spacial score (nSPS) is 16.5. The van der Waals surface area contributed by atoms with E-state index in [4.69, 9.17) is 17.3 Å². The Bertz CT molecular complexity index is 444. The molecule has 1 aromatic rings. The molecular weight excluding hydrogens is 264 g/mol. The van der Waals surface area contributed by atoms with Gasteiger partial charge in [0.05, 0.1) is 18.3 Å². The average molecular weight is 283 g/mol. The molecule has 1 fully saturated rings. The largest absolute Gasteiger partial charge is 0.332 e. The molecule has 104 valence electrons. The molecule has 6 heteroatoms. The van der Waals surface area contributed by atoms with Gasteiger partial charge in [-0.05, 0) is 30.9 Å². The number of halogens is 1. The van der Waals surface area contributed by atoms with E-state index in [9.17, 15) is 4.79 Å². The van der Waals surface area contributed by atoms with Crippen molar-refractivity contribution < 1.29 is 4.79 Å². The fourth-order valence-corrected chi connectivity index (χ4v) is 1.95. The van der Waals surface area contributed by atoms with Crippen LogP contribution in [-0.4, -0.2) is 33.1 Å². The third kappa shape index (κ3) is 3.64. The van der Waals surface area contributed by atoms with Gasteiger partial charge in [0.1, 0.15) is 0 Å². The summed E-state index contributed by atoms with van der Waals surface area (Å²) in [5.41, 5.74) is 6.69. The molecule has 2 rings (SSSR count). The first-order valence-corrected chi connectivity index (χ1v) is 6.91. The van der Waals surface area contributed by atoms with E-state index in [0.29, 0.717) is 17.7 Å². The molecule has 1 amide bonds. The number of hydrogen-bond acceptors (Lipinski definition) is 4. The van der Waals surface area contributed by atoms with E-state index < -0.39 is 6.04 Å². The second-order valence-electron chi connectivity index (χ2n) is 5.31. The standard InChI is InChI=1S/C13H19ClN4O/c1-8(2)12(15)13(19)18(10-4-5-10)7-9-3-6-11(14)17-16-9/h3,6,8,10,12H,4-5,7,15H2,1-2H3/t12-/m0/s1. The van der Waals surface area contributed by atoms with Crippen LogP contribution in [-0.2, 0) is 11.3 Å². The molecule has 19 heavy (non-hydrogen) atoms. The molecule has 1 heterocycles. The summed E-state index contributed by atoms with van der Waals surface area (Å²) < 4.78 is 0. The van der Waals surface area contributed by atoms with E-state index in [0.717, 1.165) is 18.5 Å². The van der Waals surface area contributed by atoms with Crippen LogP contribution in [0.25, 0.3) is 0 Å². The fourth-order valence-electron chi connectivity index (χ4n) is 1.85. The van der Waals surface area contributed by atoms with Gasteiger partial charge in [-0.15, -0.1) is 5.10 Å². The van der Waals surface area contributed by atoms with Crippen molar-refractivity contribution in [2.24, 2.45) is 11.7 Å². The highest BCUT2D eigenvalue weighted by Gasteiger charge is 2.35. The molecule has 0 bridgehead atoms. The van der Waals surface area contributed by atoms with Gasteiger partial charge in [0.2, 0.25) is 5.91 Å². The number of nitrogens with zero attached hydrogens (tertiary/aromatic N) is 3. The Labute approximate surface area is 118 Å². The van der Waals surface area contributed by atoms with Crippen LogP contribution in [0.2, 0.25) is 5.15 Å². The summed E-state index contributed by atoms with van der Waals surface area (Å²) in [6, 6.07) is 3.32. The molecule has 1 aliphatic rings. The first-order chi connectivity index (χ1) is 8.99. The summed E-state index contributed by atoms with van der Waals surface area (Å²) in [6.45, 7) is 4.36. The molecule has 0 aliphatic heterocycles. The second-order valence-corrected chi connectivity index (χ2v) is 5.70. The number of carbonyl (C=O) groups is 1. The molecule has 1 saturated carbocycles. The zero-order valence-corrected chi connectivity index (χ0v) is 12.0. The zero-order valence-electron chi connectivity index (χ0n) is 11.2. The SMILES string of the molecule is CC(C)[C@H](N)C(=O)N(Cc1ccc(Cl)nn1)C1CC1. The van der Waals surface area contributed by atoms with Crippen molar-refractivity contribution in [2.75, 3.05) is 0 Å². The number of hydrogen-bond donors (Lipinski definition) is 1. The van der Waals surface area contributed by atoms with E-state index >= 15 is 0 Å². The van der Waals surface area contributed by atoms with E-state index in [1.54, 1.807) is 12.1 Å². The van der Waals surface area contributed by atoms with Gasteiger partial charge in [-0.1, -0.05) is 25.4 Å². The molecule has 5 nitrogen and oxygen atoms in total. The Morgan fingerprint density at radius 1 is 1.47 bits per heavy atom. The number of carbonyl (C=O) groups excluding carboxylic acids is 1. The average Bonchev–Trinajstić information content (AvgIpc) is 3.20. The van der Waals surface area contributed by atoms with Gasteiger partial charge in [-0.3, -0.25) is 4.79 Å². The first kappa shape index (κ1) is 14.2. The monoisotopic (exact) mass is 282 g/mol. The van der Waals surface area contributed by atoms with Gasteiger partial charge in [-0.25, -0.2) is 0 Å². The number of aromatic nitrogens is 2. The molecule has 0 unspecified atom stereocenters. The van der Waals surface area contributed by atoms with Crippen LogP contribution in [0.15, 0.2) is 12.1 Å². The Morgan fingerprint density at radius 3 is 2.63 bits per heavy atom. The van der Waals surface area contributed by atoms with Crippen LogP contribution in [0.4, 0.5) is 0 Å². The predicted octanol–water partition coefficient (Wildman–Crippen LogP) is 1.60. The van der Waals surface area contributed by atoms with Crippen molar-refractivity contribution in [3.63, 3.8) is 0 Å². The van der Waals surface area contributed by atoms with Crippen molar-refractivity contribution in [3.05, 3.63) is 23.0 Å². The van der Waals surface area contributed by atoms with Crippen LogP contribution in [0, 0.1) is 5.92 Å². The lowest BCUT2D eigenvalue weighted by Crippen LogP contribution is -2.47. The Balaban J connectivity index is 2.08. The first-order valence-electron chi connectivity index (χ1n) is 6.53. The van der Waals surface area contributed by atoms with Crippen molar-refractivity contribution >= 4 is 17.5 Å². The molecular formula is C13H19ClN4O. The quantitative estimate of drug-likeness (QED) is 0.890. The molecule has 1 aliphatic carbocycles. The topological polar surface area (TPSA) is 72.1 Å². The number of nitrogens with two attached hydrogens (primary N) is 1. The number of rotatable bonds is 5. The third-order valence-electron chi connectivity index (χ3n) is 3.29. The van der Waals surface area contributed by atoms with Gasteiger partial charge in [0.25, 0.3) is 0 Å². The highest BCUT2D eigenvalue weighted by Crippen LogP contribution is 2.29. The third-order valence-corrected chi connectivity index (χ3v) is 3.50. The maximum Gasteiger partial charge on any atom is 0.240 e. The van der Waals surface area contributed by atoms with Crippen LogP contribution in [0.5, 0.6) is 0 Å². The summed E-state index contributed by atoms with van der Waals surface area (Å²) in [5.74, 6) is 0.124. The maximum atomic E-state index is 12.4. The smallest absolute Gasteiger partial charge is 0.240 e. The van der Waals surface area contributed by atoms with Crippen LogP contribution >= 0.6 is 11.6 Å².